The molecule has 33 heavy (non-hydrogen) atoms. The largest absolute Gasteiger partial charge is 0.465 e. The first kappa shape index (κ1) is 20.5. The molecule has 5 rings (SSSR count). The van der Waals surface area contributed by atoms with E-state index in [1.807, 2.05) is 42.5 Å². The molecule has 0 aliphatic carbocycles. The van der Waals surface area contributed by atoms with Gasteiger partial charge in [0.25, 0.3) is 0 Å². The first-order valence-electron chi connectivity index (χ1n) is 10.7. The van der Waals surface area contributed by atoms with Crippen LogP contribution in [0.2, 0.25) is 0 Å². The summed E-state index contributed by atoms with van der Waals surface area (Å²) in [6.45, 7) is 0.819. The van der Waals surface area contributed by atoms with Crippen LogP contribution in [-0.2, 0) is 11.3 Å². The summed E-state index contributed by atoms with van der Waals surface area (Å²) in [4.78, 5) is 16.7. The third-order valence-electron chi connectivity index (χ3n) is 5.67. The average molecular weight is 434 g/mol. The second kappa shape index (κ2) is 9.01. The highest BCUT2D eigenvalue weighted by Gasteiger charge is 2.14. The highest BCUT2D eigenvalue weighted by Crippen LogP contribution is 2.29. The number of ether oxygens (including phenoxy) is 1. The molecule has 2 heterocycles. The van der Waals surface area contributed by atoms with Crippen LogP contribution in [0.25, 0.3) is 22.0 Å². The van der Waals surface area contributed by atoms with Crippen LogP contribution in [0, 0.1) is 0 Å². The van der Waals surface area contributed by atoms with Crippen molar-refractivity contribution in [3.05, 3.63) is 115 Å². The number of carbonyl (C=O) groups excluding carboxylic acids is 1. The van der Waals surface area contributed by atoms with Gasteiger partial charge in [-0.15, -0.1) is 0 Å². The Labute approximate surface area is 192 Å². The summed E-state index contributed by atoms with van der Waals surface area (Å²) in [5.41, 5.74) is 6.33. The number of hydrogen-bond acceptors (Lipinski definition) is 4. The van der Waals surface area contributed by atoms with Crippen LogP contribution >= 0.6 is 0 Å². The van der Waals surface area contributed by atoms with Gasteiger partial charge in [0.05, 0.1) is 18.4 Å². The number of nitrogens with one attached hydrogen (secondary N) is 1. The van der Waals surface area contributed by atoms with Crippen molar-refractivity contribution in [2.24, 2.45) is 0 Å². The van der Waals surface area contributed by atoms with E-state index < -0.39 is 5.97 Å². The van der Waals surface area contributed by atoms with Gasteiger partial charge in [-0.3, -0.25) is 4.98 Å². The third-order valence-corrected chi connectivity index (χ3v) is 5.67. The van der Waals surface area contributed by atoms with Gasteiger partial charge in [-0.1, -0.05) is 42.5 Å². The molecule has 0 radical (unpaired) electrons. The van der Waals surface area contributed by atoms with Crippen molar-refractivity contribution in [3.63, 3.8) is 0 Å². The first-order valence-corrected chi connectivity index (χ1v) is 10.7. The molecule has 0 atom stereocenters. The summed E-state index contributed by atoms with van der Waals surface area (Å²) < 4.78 is 7.27. The highest BCUT2D eigenvalue weighted by molar-refractivity contribution is 5.98. The number of methoxy groups -OCH3 is 1. The minimum atomic E-state index is -0.390. The summed E-state index contributed by atoms with van der Waals surface area (Å²) in [5, 5.41) is 4.52. The van der Waals surface area contributed by atoms with Gasteiger partial charge in [0.2, 0.25) is 0 Å². The van der Waals surface area contributed by atoms with E-state index in [2.05, 4.69) is 63.5 Å². The Morgan fingerprint density at radius 1 is 0.939 bits per heavy atom. The minimum Gasteiger partial charge on any atom is -0.465 e. The van der Waals surface area contributed by atoms with Gasteiger partial charge in [-0.2, -0.15) is 0 Å². The van der Waals surface area contributed by atoms with Crippen LogP contribution in [0.1, 0.15) is 15.9 Å². The predicted molar refractivity (Wildman–Crippen MR) is 132 cm³/mol. The molecule has 0 aliphatic heterocycles. The van der Waals surface area contributed by atoms with E-state index in [1.54, 1.807) is 12.4 Å². The molecule has 1 N–H and O–H groups in total. The molecule has 2 aromatic heterocycles. The van der Waals surface area contributed by atoms with Crippen molar-refractivity contribution < 1.29 is 9.53 Å². The van der Waals surface area contributed by atoms with E-state index in [-0.39, 0.29) is 0 Å². The molecule has 0 spiro atoms. The molecule has 0 amide bonds. The van der Waals surface area contributed by atoms with Gasteiger partial charge < -0.3 is 14.6 Å². The van der Waals surface area contributed by atoms with Crippen molar-refractivity contribution in [1.29, 1.82) is 0 Å². The second-order valence-electron chi connectivity index (χ2n) is 7.82. The number of anilines is 2. The Morgan fingerprint density at radius 2 is 1.82 bits per heavy atom. The molecular formula is C28H23N3O2. The lowest BCUT2D eigenvalue weighted by molar-refractivity contribution is 0.0602. The number of pyridine rings is 1. The molecule has 0 saturated heterocycles. The highest BCUT2D eigenvalue weighted by atomic mass is 16.5. The Balaban J connectivity index is 1.44. The van der Waals surface area contributed by atoms with E-state index in [9.17, 15) is 4.79 Å². The van der Waals surface area contributed by atoms with Crippen LogP contribution in [0.3, 0.4) is 0 Å². The fraction of sp³-hybridized carbons (Fsp3) is 0.0714. The van der Waals surface area contributed by atoms with E-state index in [0.29, 0.717) is 11.3 Å². The van der Waals surface area contributed by atoms with Gasteiger partial charge >= 0.3 is 5.97 Å². The minimum absolute atomic E-state index is 0.390. The van der Waals surface area contributed by atoms with Crippen LogP contribution in [-0.4, -0.2) is 22.6 Å². The molecule has 0 saturated carbocycles. The number of carbonyl (C=O) groups is 1. The maximum Gasteiger partial charge on any atom is 0.339 e. The zero-order chi connectivity index (χ0) is 22.6. The zero-order valence-corrected chi connectivity index (χ0v) is 18.2. The van der Waals surface area contributed by atoms with E-state index >= 15 is 0 Å². The number of esters is 1. The molecule has 5 aromatic rings. The van der Waals surface area contributed by atoms with Gasteiger partial charge in [-0.25, -0.2) is 4.79 Å². The molecule has 0 bridgehead atoms. The normalized spacial score (nSPS) is 10.8. The Hall–Kier alpha value is -4.38. The second-order valence-corrected chi connectivity index (χ2v) is 7.82. The summed E-state index contributed by atoms with van der Waals surface area (Å²) in [7, 11) is 1.39. The van der Waals surface area contributed by atoms with Gasteiger partial charge in [0.15, 0.2) is 0 Å². The molecule has 3 aromatic carbocycles. The summed E-state index contributed by atoms with van der Waals surface area (Å²) >= 11 is 0. The number of hydrogen-bond donors (Lipinski definition) is 1. The van der Waals surface area contributed by atoms with Crippen molar-refractivity contribution in [1.82, 2.24) is 9.55 Å². The van der Waals surface area contributed by atoms with E-state index in [1.165, 1.54) is 12.7 Å². The molecular weight excluding hydrogens is 410 g/mol. The molecule has 162 valence electrons. The maximum atomic E-state index is 12.5. The quantitative estimate of drug-likeness (QED) is 0.320. The van der Waals surface area contributed by atoms with Crippen molar-refractivity contribution in [2.75, 3.05) is 12.4 Å². The van der Waals surface area contributed by atoms with Crippen LogP contribution in [0.4, 0.5) is 11.4 Å². The first-order chi connectivity index (χ1) is 16.2. The number of aromatic nitrogens is 2. The summed E-state index contributed by atoms with van der Waals surface area (Å²) in [6.07, 6.45) is 5.60. The van der Waals surface area contributed by atoms with E-state index in [0.717, 1.165) is 34.3 Å². The topological polar surface area (TPSA) is 56.1 Å². The number of benzene rings is 3. The lowest BCUT2D eigenvalue weighted by atomic mass is 10.0. The zero-order valence-electron chi connectivity index (χ0n) is 18.2. The number of nitrogens with zero attached hydrogens (tertiary/aromatic N) is 2. The van der Waals surface area contributed by atoms with Crippen LogP contribution in [0.15, 0.2) is 104 Å². The molecule has 5 nitrogen and oxygen atoms in total. The smallest absolute Gasteiger partial charge is 0.339 e. The number of fused-ring (bicyclic) bond motifs is 1. The van der Waals surface area contributed by atoms with Crippen molar-refractivity contribution in [3.8, 4) is 11.1 Å². The predicted octanol–water partition coefficient (Wildman–Crippen LogP) is 6.28. The standard InChI is InChI=1S/C28H23N3O2/c1-33-28(32)25-17-21(23-8-5-14-29-18-23)9-11-26(25)30-24-10-12-27-22(16-24)13-15-31(27)19-20-6-3-2-4-7-20/h2-18,30H,19H2,1H3. The SMILES string of the molecule is COC(=O)c1cc(-c2cccnc2)ccc1Nc1ccc2c(ccn2Cc2ccccc2)c1. The molecule has 0 fully saturated rings. The Bertz CT molecular complexity index is 1410. The lowest BCUT2D eigenvalue weighted by Crippen LogP contribution is -2.06. The lowest BCUT2D eigenvalue weighted by Gasteiger charge is -2.13. The van der Waals surface area contributed by atoms with Crippen LogP contribution < -0.4 is 5.32 Å². The average Bonchev–Trinajstić information content (AvgIpc) is 3.26. The van der Waals surface area contributed by atoms with E-state index in [4.69, 9.17) is 4.74 Å². The van der Waals surface area contributed by atoms with Crippen molar-refractivity contribution >= 4 is 28.2 Å². The Morgan fingerprint density at radius 3 is 2.61 bits per heavy atom. The fourth-order valence-electron chi connectivity index (χ4n) is 4.00. The van der Waals surface area contributed by atoms with Gasteiger partial charge in [0.1, 0.15) is 0 Å². The molecule has 5 heteroatoms. The molecule has 0 unspecified atom stereocenters. The maximum absolute atomic E-state index is 12.5. The van der Waals surface area contributed by atoms with Gasteiger partial charge in [0, 0.05) is 47.3 Å². The third kappa shape index (κ3) is 4.34. The number of rotatable bonds is 6. The van der Waals surface area contributed by atoms with Gasteiger partial charge in [-0.05, 0) is 53.6 Å². The summed E-state index contributed by atoms with van der Waals surface area (Å²) in [5.74, 6) is -0.390. The molecule has 0 aliphatic rings. The Kier molecular flexibility index (Phi) is 5.60. The summed E-state index contributed by atoms with van der Waals surface area (Å²) in [6, 6.07) is 28.3. The fourth-order valence-corrected chi connectivity index (χ4v) is 4.00. The monoisotopic (exact) mass is 433 g/mol. The van der Waals surface area contributed by atoms with Crippen LogP contribution in [0.5, 0.6) is 0 Å². The van der Waals surface area contributed by atoms with Crippen molar-refractivity contribution in [2.45, 2.75) is 6.54 Å².